The van der Waals surface area contributed by atoms with Crippen LogP contribution in [0.25, 0.3) is 11.1 Å². The molecule has 12 heteroatoms. The van der Waals surface area contributed by atoms with Gasteiger partial charge < -0.3 is 39.9 Å². The minimum Gasteiger partial charge on any atom is -0.505 e. The molecule has 5 N–H and O–H groups in total. The van der Waals surface area contributed by atoms with Crippen molar-refractivity contribution in [3.8, 4) is 5.75 Å². The van der Waals surface area contributed by atoms with Crippen molar-refractivity contribution in [2.24, 2.45) is 17.6 Å². The van der Waals surface area contributed by atoms with Gasteiger partial charge in [0, 0.05) is 50.3 Å². The van der Waals surface area contributed by atoms with Crippen LogP contribution in [0, 0.1) is 11.8 Å². The normalized spacial score (nSPS) is 28.6. The van der Waals surface area contributed by atoms with Crippen LogP contribution in [0.4, 0.5) is 10.5 Å². The third kappa shape index (κ3) is 8.74. The molecule has 1 aliphatic heterocycles. The second-order valence-corrected chi connectivity index (χ2v) is 11.6. The zero-order valence-electron chi connectivity index (χ0n) is 26.7. The summed E-state index contributed by atoms with van der Waals surface area (Å²) in [4.78, 5) is 37.6. The Bertz CT molecular complexity index is 1530. The number of hydrogen-bond donors (Lipinski definition) is 4. The fraction of sp³-hybridized carbons (Fsp3) is 0.485. The number of benzene rings is 1. The lowest BCUT2D eigenvalue weighted by atomic mass is 9.87. The fourth-order valence-electron chi connectivity index (χ4n) is 5.60. The minimum absolute atomic E-state index is 0.0825. The molecule has 2 bridgehead atoms. The SMILES string of the molecule is C=CCn1c(=O)oc2cc3c(O)c(c21)C[C@@H](C)C[C@H](OC)[C@H](O)[C@@H](C)/C=C(\C)[C@H](OC(N)=O)C[C@@H](OC)/C=C\C=C(/C)C(=O)N3. The fourth-order valence-corrected chi connectivity index (χ4v) is 5.60. The molecule has 45 heavy (non-hydrogen) atoms. The van der Waals surface area contributed by atoms with Crippen molar-refractivity contribution >= 4 is 28.8 Å². The summed E-state index contributed by atoms with van der Waals surface area (Å²) < 4.78 is 23.6. The molecule has 1 aromatic heterocycles. The van der Waals surface area contributed by atoms with E-state index < -0.39 is 48.1 Å². The van der Waals surface area contributed by atoms with Crippen LogP contribution in [-0.4, -0.2) is 65.4 Å². The van der Waals surface area contributed by atoms with Crippen molar-refractivity contribution in [2.45, 2.75) is 77.9 Å². The number of nitrogens with two attached hydrogens (primary N) is 1. The summed E-state index contributed by atoms with van der Waals surface area (Å²) in [5.74, 6) is -1.88. The first-order valence-corrected chi connectivity index (χ1v) is 14.8. The summed E-state index contributed by atoms with van der Waals surface area (Å²) in [7, 11) is 3.02. The lowest BCUT2D eigenvalue weighted by Crippen LogP contribution is -2.35. The van der Waals surface area contributed by atoms with Crippen LogP contribution >= 0.6 is 0 Å². The number of carbonyl (C=O) groups is 2. The Morgan fingerprint density at radius 3 is 2.56 bits per heavy atom. The van der Waals surface area contributed by atoms with Gasteiger partial charge in [-0.25, -0.2) is 9.59 Å². The van der Waals surface area contributed by atoms with Gasteiger partial charge in [-0.1, -0.05) is 44.2 Å². The van der Waals surface area contributed by atoms with Gasteiger partial charge in [-0.15, -0.1) is 6.58 Å². The van der Waals surface area contributed by atoms with Gasteiger partial charge in [0.25, 0.3) is 5.91 Å². The molecule has 0 spiro atoms. The van der Waals surface area contributed by atoms with E-state index in [4.69, 9.17) is 24.4 Å². The molecule has 12 nitrogen and oxygen atoms in total. The maximum atomic E-state index is 13.2. The van der Waals surface area contributed by atoms with Gasteiger partial charge >= 0.3 is 11.8 Å². The van der Waals surface area contributed by atoms with Gasteiger partial charge in [-0.3, -0.25) is 9.36 Å². The van der Waals surface area contributed by atoms with Crippen molar-refractivity contribution in [1.29, 1.82) is 0 Å². The molecule has 1 aliphatic rings. The predicted octanol–water partition coefficient (Wildman–Crippen LogP) is 4.34. The van der Waals surface area contributed by atoms with E-state index in [2.05, 4.69) is 11.9 Å². The average molecular weight is 628 g/mol. The predicted molar refractivity (Wildman–Crippen MR) is 171 cm³/mol. The summed E-state index contributed by atoms with van der Waals surface area (Å²) in [6.07, 6.45) is 5.44. The molecule has 1 aromatic carbocycles. The number of phenols is 1. The molecule has 2 heterocycles. The van der Waals surface area contributed by atoms with Crippen molar-refractivity contribution < 1.29 is 38.4 Å². The topological polar surface area (TPSA) is 175 Å². The Kier molecular flexibility index (Phi) is 12.4. The quantitative estimate of drug-likeness (QED) is 0.278. The Hall–Kier alpha value is -4.13. The number of amides is 2. The highest BCUT2D eigenvalue weighted by Gasteiger charge is 2.29. The summed E-state index contributed by atoms with van der Waals surface area (Å²) >= 11 is 0. The number of rotatable bonds is 5. The van der Waals surface area contributed by atoms with Gasteiger partial charge in [0.2, 0.25) is 0 Å². The number of phenolic OH excluding ortho intramolecular Hbond substituents is 1. The van der Waals surface area contributed by atoms with Gasteiger partial charge in [-0.2, -0.15) is 0 Å². The smallest absolute Gasteiger partial charge is 0.420 e. The van der Waals surface area contributed by atoms with Crippen molar-refractivity contribution in [3.05, 3.63) is 70.3 Å². The highest BCUT2D eigenvalue weighted by Crippen LogP contribution is 2.38. The van der Waals surface area contributed by atoms with Crippen LogP contribution < -0.4 is 16.8 Å². The minimum atomic E-state index is -0.943. The summed E-state index contributed by atoms with van der Waals surface area (Å²) in [5, 5.41) is 25.5. The first-order valence-electron chi connectivity index (χ1n) is 14.8. The molecule has 0 saturated heterocycles. The number of aliphatic hydroxyl groups is 1. The van der Waals surface area contributed by atoms with Gasteiger partial charge in [0.15, 0.2) is 5.58 Å². The van der Waals surface area contributed by atoms with E-state index in [0.29, 0.717) is 28.6 Å². The number of hydrogen-bond acceptors (Lipinski definition) is 9. The number of aliphatic hydroxyl groups excluding tert-OH is 1. The van der Waals surface area contributed by atoms with E-state index in [0.717, 1.165) is 0 Å². The Labute approximate surface area is 262 Å². The van der Waals surface area contributed by atoms with Crippen molar-refractivity contribution in [2.75, 3.05) is 19.5 Å². The van der Waals surface area contributed by atoms with Crippen molar-refractivity contribution in [3.63, 3.8) is 0 Å². The molecular formula is C33H45N3O9. The standard InChI is InChI=1S/C33H45N3O9/c1-8-12-36-28-23-13-18(2)14-27(43-7)29(37)21(5)15-20(4)25(44-32(34)40)16-22(42-6)11-9-10-19(3)31(39)35-24(30(23)38)17-26(28)45-33(36)41/h8-11,15,17-18,21-22,25,27,29,37-38H,1,12-14,16H2,2-7H3,(H2,34,40)(H,35,39)/b11-9-,19-10+,20-15+/t18-,21+,22+,25-,27+,29-/m1/s1. The second kappa shape index (κ2) is 15.7. The summed E-state index contributed by atoms with van der Waals surface area (Å²) in [5.41, 5.74) is 7.44. The molecular weight excluding hydrogens is 582 g/mol. The van der Waals surface area contributed by atoms with Crippen LogP contribution in [0.15, 0.2) is 63.4 Å². The van der Waals surface area contributed by atoms with Crippen LogP contribution in [0.1, 0.15) is 46.1 Å². The van der Waals surface area contributed by atoms with Crippen LogP contribution in [0.5, 0.6) is 5.75 Å². The number of anilines is 1. The number of primary amides is 1. The van der Waals surface area contributed by atoms with Crippen LogP contribution in [-0.2, 0) is 32.0 Å². The van der Waals surface area contributed by atoms with E-state index in [9.17, 15) is 24.6 Å². The number of aromatic nitrogens is 1. The maximum Gasteiger partial charge on any atom is 0.420 e. The van der Waals surface area contributed by atoms with E-state index in [1.54, 1.807) is 38.2 Å². The van der Waals surface area contributed by atoms with Crippen LogP contribution in [0.3, 0.4) is 0 Å². The Morgan fingerprint density at radius 1 is 1.22 bits per heavy atom. The molecule has 0 saturated carbocycles. The zero-order chi connectivity index (χ0) is 33.4. The maximum absolute atomic E-state index is 13.2. The molecule has 6 atom stereocenters. The van der Waals surface area contributed by atoms with E-state index in [1.807, 2.05) is 19.9 Å². The number of methoxy groups -OCH3 is 2. The second-order valence-electron chi connectivity index (χ2n) is 11.6. The number of allylic oxidation sites excluding steroid dienone is 3. The van der Waals surface area contributed by atoms with Gasteiger partial charge in [-0.05, 0) is 38.2 Å². The summed E-state index contributed by atoms with van der Waals surface area (Å²) in [6.45, 7) is 11.0. The van der Waals surface area contributed by atoms with Gasteiger partial charge in [0.1, 0.15) is 11.9 Å². The molecule has 2 aromatic rings. The number of ether oxygens (including phenoxy) is 3. The number of oxazole rings is 1. The first-order chi connectivity index (χ1) is 21.3. The molecule has 2 amide bonds. The Balaban J connectivity index is 2.16. The third-order valence-corrected chi connectivity index (χ3v) is 8.06. The molecule has 246 valence electrons. The zero-order valence-corrected chi connectivity index (χ0v) is 26.7. The Morgan fingerprint density at radius 2 is 1.93 bits per heavy atom. The highest BCUT2D eigenvalue weighted by molar-refractivity contribution is 6.05. The molecule has 0 fully saturated rings. The van der Waals surface area contributed by atoms with Gasteiger partial charge in [0.05, 0.1) is 29.5 Å². The molecule has 0 aliphatic carbocycles. The highest BCUT2D eigenvalue weighted by atomic mass is 16.6. The molecule has 0 unspecified atom stereocenters. The lowest BCUT2D eigenvalue weighted by molar-refractivity contribution is -0.112. The van der Waals surface area contributed by atoms with Crippen LogP contribution in [0.2, 0.25) is 0 Å². The van der Waals surface area contributed by atoms with Crippen molar-refractivity contribution in [1.82, 2.24) is 4.57 Å². The average Bonchev–Trinajstić information content (AvgIpc) is 3.29. The monoisotopic (exact) mass is 627 g/mol. The molecule has 3 rings (SSSR count). The largest absolute Gasteiger partial charge is 0.505 e. The summed E-state index contributed by atoms with van der Waals surface area (Å²) in [6, 6.07) is 1.42. The van der Waals surface area contributed by atoms with E-state index in [-0.39, 0.29) is 42.3 Å². The first kappa shape index (κ1) is 35.4. The number of carbonyl (C=O) groups excluding carboxylic acids is 2. The number of aromatic hydroxyl groups is 1. The number of nitrogens with one attached hydrogen (secondary N) is 1. The molecule has 0 radical (unpaired) electrons. The number of fused-ring (bicyclic) bond motifs is 4. The van der Waals surface area contributed by atoms with E-state index >= 15 is 0 Å². The number of nitrogens with zero attached hydrogens (tertiary/aromatic N) is 1. The van der Waals surface area contributed by atoms with E-state index in [1.165, 1.54) is 24.9 Å². The lowest BCUT2D eigenvalue weighted by Gasteiger charge is -2.29. The third-order valence-electron chi connectivity index (χ3n) is 8.06.